The predicted molar refractivity (Wildman–Crippen MR) is 106 cm³/mol. The summed E-state index contributed by atoms with van der Waals surface area (Å²) < 4.78 is 0. The molecule has 142 valence electrons. The van der Waals surface area contributed by atoms with E-state index >= 15 is 0 Å². The van der Waals surface area contributed by atoms with Gasteiger partial charge < -0.3 is 9.80 Å². The number of carbonyl (C=O) groups excluding carboxylic acids is 1. The van der Waals surface area contributed by atoms with Crippen molar-refractivity contribution in [3.8, 4) is 0 Å². The van der Waals surface area contributed by atoms with Crippen molar-refractivity contribution in [2.75, 3.05) is 24.5 Å². The van der Waals surface area contributed by atoms with E-state index in [1.807, 2.05) is 42.2 Å². The molecule has 0 atom stereocenters. The van der Waals surface area contributed by atoms with Crippen LogP contribution in [0.15, 0.2) is 48.5 Å². The SMILES string of the molecule is CCCN(Cc1ccccc1)C(=O)c1ccc(N2CCCC2)c([N+](=O)[O-])c1. The van der Waals surface area contributed by atoms with Gasteiger partial charge in [-0.3, -0.25) is 14.9 Å². The van der Waals surface area contributed by atoms with Crippen LogP contribution in [-0.4, -0.2) is 35.4 Å². The lowest BCUT2D eigenvalue weighted by molar-refractivity contribution is -0.384. The fourth-order valence-corrected chi connectivity index (χ4v) is 3.54. The Morgan fingerprint density at radius 2 is 1.85 bits per heavy atom. The molecule has 1 amide bonds. The standard InChI is InChI=1S/C21H25N3O3/c1-2-12-23(16-17-8-4-3-5-9-17)21(25)18-10-11-19(20(15-18)24(26)27)22-13-6-7-14-22/h3-5,8-11,15H,2,6-7,12-14,16H2,1H3. The summed E-state index contributed by atoms with van der Waals surface area (Å²) in [4.78, 5) is 28.0. The number of carbonyl (C=O) groups is 1. The average Bonchev–Trinajstić information content (AvgIpc) is 3.22. The van der Waals surface area contributed by atoms with Gasteiger partial charge in [-0.05, 0) is 37.0 Å². The maximum Gasteiger partial charge on any atom is 0.293 e. The maximum atomic E-state index is 13.0. The summed E-state index contributed by atoms with van der Waals surface area (Å²) in [6.07, 6.45) is 2.91. The first-order chi connectivity index (χ1) is 13.1. The van der Waals surface area contributed by atoms with Gasteiger partial charge in [0.1, 0.15) is 5.69 Å². The minimum Gasteiger partial charge on any atom is -0.366 e. The van der Waals surface area contributed by atoms with Gasteiger partial charge >= 0.3 is 0 Å². The van der Waals surface area contributed by atoms with E-state index in [4.69, 9.17) is 0 Å². The number of anilines is 1. The molecule has 0 aromatic heterocycles. The van der Waals surface area contributed by atoms with Gasteiger partial charge in [-0.25, -0.2) is 0 Å². The Kier molecular flexibility index (Phi) is 6.06. The van der Waals surface area contributed by atoms with E-state index in [-0.39, 0.29) is 16.5 Å². The molecule has 1 aliphatic rings. The van der Waals surface area contributed by atoms with Crippen LogP contribution in [0.3, 0.4) is 0 Å². The smallest absolute Gasteiger partial charge is 0.293 e. The van der Waals surface area contributed by atoms with Gasteiger partial charge in [-0.1, -0.05) is 37.3 Å². The fourth-order valence-electron chi connectivity index (χ4n) is 3.54. The highest BCUT2D eigenvalue weighted by atomic mass is 16.6. The van der Waals surface area contributed by atoms with Crippen molar-refractivity contribution < 1.29 is 9.72 Å². The van der Waals surface area contributed by atoms with Crippen molar-refractivity contribution in [2.24, 2.45) is 0 Å². The molecule has 6 nitrogen and oxygen atoms in total. The number of nitrogens with zero attached hydrogens (tertiary/aromatic N) is 3. The Bertz CT molecular complexity index is 802. The second-order valence-electron chi connectivity index (χ2n) is 6.87. The van der Waals surface area contributed by atoms with Crippen LogP contribution < -0.4 is 4.90 Å². The summed E-state index contributed by atoms with van der Waals surface area (Å²) in [5.74, 6) is -0.170. The minimum atomic E-state index is -0.383. The third-order valence-electron chi connectivity index (χ3n) is 4.86. The number of nitro benzene ring substituents is 1. The zero-order valence-corrected chi connectivity index (χ0v) is 15.6. The lowest BCUT2D eigenvalue weighted by Crippen LogP contribution is -2.31. The third kappa shape index (κ3) is 4.45. The Morgan fingerprint density at radius 1 is 1.15 bits per heavy atom. The predicted octanol–water partition coefficient (Wildman–Crippen LogP) is 4.25. The Morgan fingerprint density at radius 3 is 2.48 bits per heavy atom. The molecule has 0 radical (unpaired) electrons. The summed E-state index contributed by atoms with van der Waals surface area (Å²) in [5.41, 5.74) is 2.04. The molecule has 1 saturated heterocycles. The normalized spacial score (nSPS) is 13.6. The van der Waals surface area contributed by atoms with Gasteiger partial charge in [0.25, 0.3) is 11.6 Å². The van der Waals surface area contributed by atoms with Gasteiger partial charge in [0.05, 0.1) is 4.92 Å². The first-order valence-corrected chi connectivity index (χ1v) is 9.46. The number of nitro groups is 1. The van der Waals surface area contributed by atoms with Gasteiger partial charge in [0, 0.05) is 37.8 Å². The molecule has 6 heteroatoms. The third-order valence-corrected chi connectivity index (χ3v) is 4.86. The molecule has 0 spiro atoms. The van der Waals surface area contributed by atoms with Crippen molar-refractivity contribution in [1.29, 1.82) is 0 Å². The molecule has 27 heavy (non-hydrogen) atoms. The van der Waals surface area contributed by atoms with Gasteiger partial charge in [0.15, 0.2) is 0 Å². The lowest BCUT2D eigenvalue weighted by atomic mass is 10.1. The number of amides is 1. The second kappa shape index (κ2) is 8.66. The van der Waals surface area contributed by atoms with Crippen LogP contribution in [0.4, 0.5) is 11.4 Å². The fraction of sp³-hybridized carbons (Fsp3) is 0.381. The summed E-state index contributed by atoms with van der Waals surface area (Å²) >= 11 is 0. The molecule has 0 unspecified atom stereocenters. The number of hydrogen-bond donors (Lipinski definition) is 0. The molecule has 0 bridgehead atoms. The highest BCUT2D eigenvalue weighted by Crippen LogP contribution is 2.32. The Hall–Kier alpha value is -2.89. The first-order valence-electron chi connectivity index (χ1n) is 9.46. The Labute approximate surface area is 159 Å². The highest BCUT2D eigenvalue weighted by molar-refractivity contribution is 5.95. The van der Waals surface area contributed by atoms with Crippen LogP contribution in [0.1, 0.15) is 42.1 Å². The van der Waals surface area contributed by atoms with Crippen molar-refractivity contribution in [1.82, 2.24) is 4.90 Å². The Balaban J connectivity index is 1.87. The van der Waals surface area contributed by atoms with E-state index < -0.39 is 0 Å². The van der Waals surface area contributed by atoms with E-state index in [0.717, 1.165) is 37.9 Å². The zero-order valence-electron chi connectivity index (χ0n) is 15.6. The largest absolute Gasteiger partial charge is 0.366 e. The van der Waals surface area contributed by atoms with E-state index in [9.17, 15) is 14.9 Å². The van der Waals surface area contributed by atoms with Crippen LogP contribution in [0, 0.1) is 10.1 Å². The molecule has 1 heterocycles. The maximum absolute atomic E-state index is 13.0. The quantitative estimate of drug-likeness (QED) is 0.542. The topological polar surface area (TPSA) is 66.7 Å². The molecule has 3 rings (SSSR count). The molecular formula is C21H25N3O3. The summed E-state index contributed by atoms with van der Waals surface area (Å²) in [7, 11) is 0. The van der Waals surface area contributed by atoms with Crippen molar-refractivity contribution in [3.63, 3.8) is 0 Å². The molecule has 2 aromatic rings. The molecule has 1 fully saturated rings. The second-order valence-corrected chi connectivity index (χ2v) is 6.87. The van der Waals surface area contributed by atoms with Gasteiger partial charge in [-0.2, -0.15) is 0 Å². The molecule has 0 N–H and O–H groups in total. The summed E-state index contributed by atoms with van der Waals surface area (Å²) in [6.45, 7) is 4.77. The van der Waals surface area contributed by atoms with Gasteiger partial charge in [-0.15, -0.1) is 0 Å². The molecular weight excluding hydrogens is 342 g/mol. The lowest BCUT2D eigenvalue weighted by Gasteiger charge is -2.23. The molecule has 2 aromatic carbocycles. The van der Waals surface area contributed by atoms with Crippen LogP contribution in [0.25, 0.3) is 0 Å². The zero-order chi connectivity index (χ0) is 19.2. The first kappa shape index (κ1) is 18.9. The summed E-state index contributed by atoms with van der Waals surface area (Å²) in [5, 5.41) is 11.6. The highest BCUT2D eigenvalue weighted by Gasteiger charge is 2.25. The van der Waals surface area contributed by atoms with E-state index in [0.29, 0.717) is 24.3 Å². The number of benzene rings is 2. The van der Waals surface area contributed by atoms with Crippen molar-refractivity contribution in [3.05, 3.63) is 69.8 Å². The molecule has 0 aliphatic carbocycles. The van der Waals surface area contributed by atoms with Crippen molar-refractivity contribution >= 4 is 17.3 Å². The van der Waals surface area contributed by atoms with Gasteiger partial charge in [0.2, 0.25) is 0 Å². The van der Waals surface area contributed by atoms with Crippen LogP contribution in [0.5, 0.6) is 0 Å². The average molecular weight is 367 g/mol. The van der Waals surface area contributed by atoms with E-state index in [1.165, 1.54) is 6.07 Å². The van der Waals surface area contributed by atoms with Crippen molar-refractivity contribution in [2.45, 2.75) is 32.7 Å². The van der Waals surface area contributed by atoms with Crippen LogP contribution >= 0.6 is 0 Å². The summed E-state index contributed by atoms with van der Waals surface area (Å²) in [6, 6.07) is 14.7. The monoisotopic (exact) mass is 367 g/mol. The van der Waals surface area contributed by atoms with Crippen LogP contribution in [0.2, 0.25) is 0 Å². The number of rotatable bonds is 7. The van der Waals surface area contributed by atoms with E-state index in [1.54, 1.807) is 17.0 Å². The minimum absolute atomic E-state index is 0.0129. The van der Waals surface area contributed by atoms with E-state index in [2.05, 4.69) is 0 Å². The molecule has 0 saturated carbocycles. The van der Waals surface area contributed by atoms with Crippen LogP contribution in [-0.2, 0) is 6.54 Å². The molecule has 1 aliphatic heterocycles. The number of hydrogen-bond acceptors (Lipinski definition) is 4.